The van der Waals surface area contributed by atoms with Crippen molar-refractivity contribution in [3.05, 3.63) is 146 Å². The predicted octanol–water partition coefficient (Wildman–Crippen LogP) is 6.21. The molecule has 0 fully saturated rings. The molecule has 0 radical (unpaired) electrons. The maximum absolute atomic E-state index is 11.9. The van der Waals surface area contributed by atoms with E-state index < -0.39 is 36.5 Å². The number of aromatic nitrogens is 3. The molecule has 1 aromatic carbocycles. The van der Waals surface area contributed by atoms with Crippen LogP contribution in [0.4, 0.5) is 17.5 Å². The Balaban J connectivity index is 0.000000573. The SMILES string of the molecule is Cc1ccc(S(=O)(=O)OCCOCCOCCOCCN=[N+]=[N-])cc1.O=[N+]([O-])c1ncccc1O.[N-]=[N+]=NCCOCCOCCOCCOc1cccnc1[N+](=O)[O-].[N-]=[N+]=NCCOCCOCCOCCOc1cccnc1[N+](=O)[O-]. The number of benzene rings is 1. The van der Waals surface area contributed by atoms with Gasteiger partial charge in [-0.05, 0) is 102 Å². The molecule has 3 heterocycles. The monoisotopic (exact) mass is 1200 g/mol. The molecule has 0 atom stereocenters. The lowest BCUT2D eigenvalue weighted by Crippen LogP contribution is -2.14. The zero-order valence-corrected chi connectivity index (χ0v) is 46.0. The second-order valence-corrected chi connectivity index (χ2v) is 16.5. The van der Waals surface area contributed by atoms with E-state index in [1.165, 1.54) is 55.0 Å². The number of pyridine rings is 3. The largest absolute Gasteiger partial charge is 0.501 e. The lowest BCUT2D eigenvalue weighted by molar-refractivity contribution is -0.390. The Kier molecular flexibility index (Phi) is 43.4. The van der Waals surface area contributed by atoms with E-state index in [2.05, 4.69) is 45.0 Å². The lowest BCUT2D eigenvalue weighted by Gasteiger charge is -2.08. The van der Waals surface area contributed by atoms with Gasteiger partial charge in [0.25, 0.3) is 10.1 Å². The molecule has 3 aromatic heterocycles. The molecular weight excluding hydrogens is 1130 g/mol. The van der Waals surface area contributed by atoms with Crippen molar-refractivity contribution in [2.45, 2.75) is 11.8 Å². The minimum Gasteiger partial charge on any atom is -0.501 e. The second-order valence-electron chi connectivity index (χ2n) is 14.9. The van der Waals surface area contributed by atoms with Crippen LogP contribution in [0.5, 0.6) is 17.2 Å². The summed E-state index contributed by atoms with van der Waals surface area (Å²) in [7, 11) is -3.75. The van der Waals surface area contributed by atoms with Gasteiger partial charge in [-0.1, -0.05) is 33.0 Å². The van der Waals surface area contributed by atoms with Gasteiger partial charge in [0.2, 0.25) is 17.2 Å². The Bertz CT molecular complexity index is 2580. The van der Waals surface area contributed by atoms with Crippen LogP contribution in [0.15, 0.2) is 99.5 Å². The van der Waals surface area contributed by atoms with Gasteiger partial charge in [-0.25, -0.2) is 0 Å². The number of ether oxygens (including phenoxy) is 11. The second kappa shape index (κ2) is 49.6. The van der Waals surface area contributed by atoms with E-state index in [0.717, 1.165) is 5.56 Å². The first-order valence-electron chi connectivity index (χ1n) is 24.7. The van der Waals surface area contributed by atoms with E-state index in [1.54, 1.807) is 24.3 Å². The molecule has 83 heavy (non-hydrogen) atoms. The first-order valence-corrected chi connectivity index (χ1v) is 26.1. The van der Waals surface area contributed by atoms with Crippen molar-refractivity contribution >= 4 is 27.6 Å². The third kappa shape index (κ3) is 38.9. The van der Waals surface area contributed by atoms with Crippen molar-refractivity contribution < 1.29 is 84.6 Å². The van der Waals surface area contributed by atoms with E-state index in [0.29, 0.717) is 119 Å². The average molecular weight is 1200 g/mol. The summed E-state index contributed by atoms with van der Waals surface area (Å²) in [5.74, 6) is -1.34. The highest BCUT2D eigenvalue weighted by Crippen LogP contribution is 2.24. The minimum absolute atomic E-state index is 0.0568. The molecule has 0 saturated carbocycles. The molecule has 37 heteroatoms. The molecule has 456 valence electrons. The predicted molar refractivity (Wildman–Crippen MR) is 289 cm³/mol. The fourth-order valence-corrected chi connectivity index (χ4v) is 6.16. The van der Waals surface area contributed by atoms with Gasteiger partial charge >= 0.3 is 17.5 Å². The molecule has 0 aliphatic carbocycles. The van der Waals surface area contributed by atoms with Crippen molar-refractivity contribution in [3.63, 3.8) is 0 Å². The van der Waals surface area contributed by atoms with E-state index in [1.807, 2.05) is 6.92 Å². The van der Waals surface area contributed by atoms with Gasteiger partial charge in [-0.3, -0.25) is 4.18 Å². The molecular formula is C46H65N15O21S. The Morgan fingerprint density at radius 1 is 0.458 bits per heavy atom. The lowest BCUT2D eigenvalue weighted by atomic mass is 10.2. The van der Waals surface area contributed by atoms with E-state index in [-0.39, 0.29) is 67.7 Å². The molecule has 4 rings (SSSR count). The summed E-state index contributed by atoms with van der Waals surface area (Å²) >= 11 is 0. The van der Waals surface area contributed by atoms with Crippen LogP contribution in [-0.4, -0.2) is 202 Å². The van der Waals surface area contributed by atoms with Crippen molar-refractivity contribution in [1.82, 2.24) is 15.0 Å². The van der Waals surface area contributed by atoms with Crippen LogP contribution in [0, 0.1) is 37.3 Å². The maximum atomic E-state index is 11.9. The number of nitro groups is 3. The summed E-state index contributed by atoms with van der Waals surface area (Å²) in [5, 5.41) is 50.2. The highest BCUT2D eigenvalue weighted by molar-refractivity contribution is 7.86. The van der Waals surface area contributed by atoms with Gasteiger partial charge < -0.3 is 87.6 Å². The first-order chi connectivity index (χ1) is 40.3. The van der Waals surface area contributed by atoms with Gasteiger partial charge in [0.15, 0.2) is 0 Å². The zero-order valence-electron chi connectivity index (χ0n) is 45.2. The highest BCUT2D eigenvalue weighted by atomic mass is 32.2. The number of rotatable bonds is 43. The van der Waals surface area contributed by atoms with Gasteiger partial charge in [0.05, 0.1) is 130 Å². The average Bonchev–Trinajstić information content (AvgIpc) is 3.59. The van der Waals surface area contributed by atoms with Gasteiger partial charge in [-0.15, -0.1) is 0 Å². The van der Waals surface area contributed by atoms with Crippen molar-refractivity contribution in [1.29, 1.82) is 0 Å². The quantitative estimate of drug-likeness (QED) is 0.00978. The van der Waals surface area contributed by atoms with Crippen LogP contribution in [0.25, 0.3) is 31.3 Å². The number of hydrogen-bond donors (Lipinski definition) is 1. The fraction of sp³-hybridized carbons (Fsp3) is 0.543. The van der Waals surface area contributed by atoms with Gasteiger partial charge in [0, 0.05) is 34.4 Å². The van der Waals surface area contributed by atoms with Crippen LogP contribution in [-0.2, 0) is 56.9 Å². The zero-order chi connectivity index (χ0) is 60.9. The molecule has 0 saturated heterocycles. The summed E-state index contributed by atoms with van der Waals surface area (Å²) in [6, 6.07) is 15.2. The summed E-state index contributed by atoms with van der Waals surface area (Å²) in [5.41, 5.74) is 25.1. The normalized spacial score (nSPS) is 10.4. The molecule has 0 amide bonds. The van der Waals surface area contributed by atoms with Crippen molar-refractivity contribution in [3.8, 4) is 17.2 Å². The summed E-state index contributed by atoms with van der Waals surface area (Å²) in [6.07, 6.45) is 3.91. The fourth-order valence-electron chi connectivity index (χ4n) is 5.27. The highest BCUT2D eigenvalue weighted by Gasteiger charge is 2.17. The third-order valence-electron chi connectivity index (χ3n) is 8.96. The third-order valence-corrected chi connectivity index (χ3v) is 10.3. The molecule has 0 spiro atoms. The summed E-state index contributed by atoms with van der Waals surface area (Å²) in [4.78, 5) is 48.1. The van der Waals surface area contributed by atoms with E-state index in [9.17, 15) is 38.8 Å². The van der Waals surface area contributed by atoms with Crippen LogP contribution in [0.3, 0.4) is 0 Å². The Morgan fingerprint density at radius 3 is 1.07 bits per heavy atom. The molecule has 4 aromatic rings. The molecule has 0 bridgehead atoms. The standard InChI is InChI=1S/C15H23N3O6S.2C13H19N5O6.C5H4N2O3/c1-14-2-4-15(5-3-14)25(19,20)24-13-12-23-11-10-22-9-8-21-7-6-17-18-16;2*14-17-16-4-5-21-6-7-22-8-9-23-10-11-24-12-2-1-3-15-13(12)18(19)20;8-4-2-1-3-6-5(4)7(9)10/h2-5H,6-13H2,1H3;2*1-3H,4-11H2;1-3,8H. The Morgan fingerprint density at radius 2 is 0.759 bits per heavy atom. The van der Waals surface area contributed by atoms with Crippen LogP contribution < -0.4 is 9.47 Å². The van der Waals surface area contributed by atoms with Crippen molar-refractivity contribution in [2.24, 2.45) is 15.3 Å². The Hall–Kier alpha value is -8.25. The van der Waals surface area contributed by atoms with Gasteiger partial charge in [-0.2, -0.15) is 8.42 Å². The molecule has 0 aliphatic heterocycles. The smallest absolute Gasteiger partial charge is 0.406 e. The molecule has 0 aliphatic rings. The van der Waals surface area contributed by atoms with Crippen LogP contribution in [0.1, 0.15) is 5.56 Å². The molecule has 0 unspecified atom stereocenters. The van der Waals surface area contributed by atoms with Crippen LogP contribution in [0.2, 0.25) is 0 Å². The number of aromatic hydroxyl groups is 1. The van der Waals surface area contributed by atoms with Crippen molar-refractivity contribution in [2.75, 3.05) is 158 Å². The summed E-state index contributed by atoms with van der Waals surface area (Å²) < 4.78 is 86.3. The number of azide groups is 3. The maximum Gasteiger partial charge on any atom is 0.406 e. The van der Waals surface area contributed by atoms with E-state index >= 15 is 0 Å². The Labute approximate surface area is 475 Å². The first kappa shape index (κ1) is 72.8. The van der Waals surface area contributed by atoms with E-state index in [4.69, 9.17) is 78.0 Å². The molecule has 1 N–H and O–H groups in total. The van der Waals surface area contributed by atoms with Crippen LogP contribution >= 0.6 is 0 Å². The topological polar surface area (TPSA) is 480 Å². The number of hydrogen-bond acceptors (Lipinski definition) is 27. The minimum atomic E-state index is -3.75. The number of aryl methyl sites for hydroxylation is 1. The molecule has 36 nitrogen and oxygen atoms in total. The number of nitrogens with zero attached hydrogens (tertiary/aromatic N) is 15. The summed E-state index contributed by atoms with van der Waals surface area (Å²) in [6.45, 7) is 9.54. The van der Waals surface area contributed by atoms with Gasteiger partial charge in [0.1, 0.15) is 31.8 Å².